The van der Waals surface area contributed by atoms with E-state index in [4.69, 9.17) is 24.3 Å². The van der Waals surface area contributed by atoms with E-state index in [2.05, 4.69) is 15.0 Å². The van der Waals surface area contributed by atoms with Crippen molar-refractivity contribution in [2.75, 3.05) is 12.8 Å². The number of hydrogen-bond acceptors (Lipinski definition) is 12. The van der Waals surface area contributed by atoms with Gasteiger partial charge in [-0.2, -0.15) is 9.97 Å². The fourth-order valence-electron chi connectivity index (χ4n) is 3.84. The molecule has 178 valence electrons. The summed E-state index contributed by atoms with van der Waals surface area (Å²) in [7, 11) is -2.26. The van der Waals surface area contributed by atoms with E-state index in [9.17, 15) is 19.9 Å². The summed E-state index contributed by atoms with van der Waals surface area (Å²) in [6.07, 6.45) is -2.52. The minimum Gasteiger partial charge on any atom is -0.479 e. The lowest BCUT2D eigenvalue weighted by Gasteiger charge is -2.31. The molecule has 2 saturated heterocycles. The summed E-state index contributed by atoms with van der Waals surface area (Å²) in [4.78, 5) is 12.3. The molecule has 0 amide bonds. The Bertz CT molecular complexity index is 1070. The van der Waals surface area contributed by atoms with E-state index in [1.165, 1.54) is 18.0 Å². The zero-order chi connectivity index (χ0) is 23.5. The predicted octanol–water partition coefficient (Wildman–Crippen LogP) is 0.891. The number of aliphatic hydroxyl groups excluding tert-OH is 2. The van der Waals surface area contributed by atoms with Crippen molar-refractivity contribution < 1.29 is 38.4 Å². The molecule has 2 aromatic heterocycles. The number of methoxy groups -OCH3 is 1. The molecule has 0 radical (unpaired) electrons. The molecule has 0 saturated carbocycles. The van der Waals surface area contributed by atoms with Crippen LogP contribution in [0.15, 0.2) is 6.33 Å². The number of nitrogens with zero attached hydrogens (tertiary/aromatic N) is 4. The molecular weight excluding hydrogens is 445 g/mol. The quantitative estimate of drug-likeness (QED) is 0.314. The minimum atomic E-state index is -3.68. The zero-order valence-electron chi connectivity index (χ0n) is 18.2. The fraction of sp³-hybridized carbons (Fsp3) is 0.722. The van der Waals surface area contributed by atoms with Crippen LogP contribution in [0.2, 0.25) is 0 Å². The second-order valence-corrected chi connectivity index (χ2v) is 10.3. The van der Waals surface area contributed by atoms with Crippen LogP contribution < -0.4 is 10.5 Å². The third kappa shape index (κ3) is 3.67. The standard InChI is InChI=1S/C18H28N5O8P/c1-5-17(3,30-32(27)18(26,6-2)31-32)7-9-11(24)12(25)15(29-9)23-8-20-10-13(23)21-16(19)22-14(10)28-4/h8-9,11-12,15,24-26H,5-7H2,1-4H3,(H2,19,21,22)/t9?,11?,12-,15-,17-,18?,32?/m1/s1. The molecular formula is C18H28N5O8P. The van der Waals surface area contributed by atoms with Crippen molar-refractivity contribution >= 4 is 24.7 Å². The Kier molecular flexibility index (Phi) is 5.73. The molecule has 4 heterocycles. The van der Waals surface area contributed by atoms with Crippen molar-refractivity contribution in [1.29, 1.82) is 0 Å². The first kappa shape index (κ1) is 23.3. The summed E-state index contributed by atoms with van der Waals surface area (Å²) in [5.74, 6) is 0.116. The molecule has 4 rings (SSSR count). The second kappa shape index (κ2) is 7.87. The molecule has 0 bridgehead atoms. The van der Waals surface area contributed by atoms with Crippen LogP contribution in [0, 0.1) is 0 Å². The summed E-state index contributed by atoms with van der Waals surface area (Å²) < 4.78 is 36.0. The summed E-state index contributed by atoms with van der Waals surface area (Å²) in [6.45, 7) is 5.13. The largest absolute Gasteiger partial charge is 0.479 e. The maximum atomic E-state index is 12.7. The van der Waals surface area contributed by atoms with Gasteiger partial charge in [0.2, 0.25) is 11.8 Å². The lowest BCUT2D eigenvalue weighted by atomic mass is 9.93. The van der Waals surface area contributed by atoms with E-state index in [0.717, 1.165) is 0 Å². The van der Waals surface area contributed by atoms with E-state index in [1.54, 1.807) is 13.8 Å². The Morgan fingerprint density at radius 2 is 2.06 bits per heavy atom. The number of imidazole rings is 1. The van der Waals surface area contributed by atoms with Crippen LogP contribution in [0.3, 0.4) is 0 Å². The normalized spacial score (nSPS) is 36.3. The molecule has 7 atom stereocenters. The number of ether oxygens (including phenoxy) is 2. The number of nitrogens with two attached hydrogens (primary N) is 1. The minimum absolute atomic E-state index is 0.0507. The van der Waals surface area contributed by atoms with Crippen LogP contribution in [-0.2, 0) is 18.3 Å². The highest BCUT2D eigenvalue weighted by molar-refractivity contribution is 7.61. The molecule has 32 heavy (non-hydrogen) atoms. The number of fused-ring (bicyclic) bond motifs is 1. The average molecular weight is 473 g/mol. The molecule has 13 nitrogen and oxygen atoms in total. The van der Waals surface area contributed by atoms with Crippen molar-refractivity contribution in [3.8, 4) is 5.88 Å². The number of aromatic nitrogens is 4. The first-order valence-electron chi connectivity index (χ1n) is 10.3. The Hall–Kier alpha value is -1.86. The average Bonchev–Trinajstić information content (AvgIpc) is 3.01. The van der Waals surface area contributed by atoms with Gasteiger partial charge in [0.25, 0.3) is 5.53 Å². The van der Waals surface area contributed by atoms with Gasteiger partial charge in [-0.15, -0.1) is 0 Å². The zero-order valence-corrected chi connectivity index (χ0v) is 19.1. The van der Waals surface area contributed by atoms with Gasteiger partial charge in [0.05, 0.1) is 25.1 Å². The Balaban J connectivity index is 1.57. The fourth-order valence-corrected chi connectivity index (χ4v) is 5.87. The van der Waals surface area contributed by atoms with Gasteiger partial charge in [-0.1, -0.05) is 13.8 Å². The van der Waals surface area contributed by atoms with Gasteiger partial charge in [0, 0.05) is 12.8 Å². The van der Waals surface area contributed by atoms with Crippen LogP contribution in [0.5, 0.6) is 5.88 Å². The molecule has 2 aliphatic rings. The van der Waals surface area contributed by atoms with Crippen LogP contribution in [-0.4, -0.2) is 71.4 Å². The van der Waals surface area contributed by atoms with Crippen LogP contribution in [0.4, 0.5) is 5.95 Å². The van der Waals surface area contributed by atoms with Gasteiger partial charge >= 0.3 is 7.60 Å². The van der Waals surface area contributed by atoms with Crippen LogP contribution >= 0.6 is 7.60 Å². The molecule has 0 aliphatic carbocycles. The lowest BCUT2D eigenvalue weighted by Crippen LogP contribution is -2.38. The number of aliphatic hydroxyl groups is 3. The smallest absolute Gasteiger partial charge is 0.393 e. The van der Waals surface area contributed by atoms with E-state index in [0.29, 0.717) is 11.9 Å². The maximum absolute atomic E-state index is 12.7. The lowest BCUT2D eigenvalue weighted by molar-refractivity contribution is -0.0631. The van der Waals surface area contributed by atoms with E-state index in [1.807, 2.05) is 6.92 Å². The van der Waals surface area contributed by atoms with Gasteiger partial charge < -0.3 is 30.5 Å². The van der Waals surface area contributed by atoms with Crippen LogP contribution in [0.25, 0.3) is 11.2 Å². The molecule has 2 aromatic rings. The van der Waals surface area contributed by atoms with Gasteiger partial charge in [-0.3, -0.25) is 18.2 Å². The van der Waals surface area contributed by atoms with Crippen molar-refractivity contribution in [1.82, 2.24) is 19.5 Å². The molecule has 2 aliphatic heterocycles. The molecule has 4 unspecified atom stereocenters. The van der Waals surface area contributed by atoms with Crippen molar-refractivity contribution in [2.45, 2.75) is 75.7 Å². The van der Waals surface area contributed by atoms with Gasteiger partial charge in [-0.05, 0) is 13.3 Å². The summed E-state index contributed by atoms with van der Waals surface area (Å²) >= 11 is 0. The number of nitrogen functional groups attached to an aromatic ring is 1. The van der Waals surface area contributed by atoms with E-state index < -0.39 is 43.3 Å². The maximum Gasteiger partial charge on any atom is 0.393 e. The highest BCUT2D eigenvalue weighted by Gasteiger charge is 2.70. The molecule has 14 heteroatoms. The molecule has 0 aromatic carbocycles. The number of anilines is 1. The summed E-state index contributed by atoms with van der Waals surface area (Å²) in [6, 6.07) is 0. The monoisotopic (exact) mass is 473 g/mol. The highest BCUT2D eigenvalue weighted by Crippen LogP contribution is 2.80. The highest BCUT2D eigenvalue weighted by atomic mass is 31.2. The Morgan fingerprint density at radius 1 is 1.34 bits per heavy atom. The van der Waals surface area contributed by atoms with Gasteiger partial charge in [0.15, 0.2) is 17.4 Å². The second-order valence-electron chi connectivity index (χ2n) is 8.25. The summed E-state index contributed by atoms with van der Waals surface area (Å²) in [5, 5.41) is 31.5. The van der Waals surface area contributed by atoms with Gasteiger partial charge in [0.1, 0.15) is 12.2 Å². The first-order chi connectivity index (χ1) is 15.0. The van der Waals surface area contributed by atoms with Crippen molar-refractivity contribution in [3.63, 3.8) is 0 Å². The molecule has 0 spiro atoms. The third-order valence-corrected chi connectivity index (χ3v) is 8.38. The van der Waals surface area contributed by atoms with Crippen molar-refractivity contribution in [3.05, 3.63) is 6.33 Å². The van der Waals surface area contributed by atoms with Crippen molar-refractivity contribution in [2.24, 2.45) is 0 Å². The summed E-state index contributed by atoms with van der Waals surface area (Å²) in [5.41, 5.74) is 3.50. The topological polar surface area (TPSA) is 188 Å². The van der Waals surface area contributed by atoms with Crippen LogP contribution in [0.1, 0.15) is 46.3 Å². The first-order valence-corrected chi connectivity index (χ1v) is 11.8. The number of rotatable bonds is 8. The van der Waals surface area contributed by atoms with E-state index in [-0.39, 0.29) is 30.3 Å². The predicted molar refractivity (Wildman–Crippen MR) is 111 cm³/mol. The molecule has 5 N–H and O–H groups in total. The SMILES string of the molecule is CCC1(O)OP1(=O)O[C@](C)(CC)CC1O[C@@H](n2cnc3c(OC)nc(N)nc32)[C@H](O)C1O. The van der Waals surface area contributed by atoms with Gasteiger partial charge in [-0.25, -0.2) is 4.98 Å². The third-order valence-electron chi connectivity index (χ3n) is 6.06. The Labute approximate surface area is 184 Å². The van der Waals surface area contributed by atoms with E-state index >= 15 is 0 Å². The Morgan fingerprint density at radius 3 is 2.66 bits per heavy atom. The molecule has 2 fully saturated rings. The number of hydrogen-bond donors (Lipinski definition) is 4.